The van der Waals surface area contributed by atoms with Crippen molar-refractivity contribution >= 4 is 20.9 Å². The van der Waals surface area contributed by atoms with Gasteiger partial charge in [0.25, 0.3) is 0 Å². The molecule has 5 rings (SSSR count). The summed E-state index contributed by atoms with van der Waals surface area (Å²) in [7, 11) is -3.64. The van der Waals surface area contributed by atoms with Crippen LogP contribution in [-0.4, -0.2) is 40.6 Å². The maximum atomic E-state index is 13.6. The van der Waals surface area contributed by atoms with Gasteiger partial charge in [0.2, 0.25) is 9.84 Å². The van der Waals surface area contributed by atoms with Crippen LogP contribution in [0.5, 0.6) is 6.08 Å². The predicted molar refractivity (Wildman–Crippen MR) is 102 cm³/mol. The second kappa shape index (κ2) is 6.05. The van der Waals surface area contributed by atoms with Crippen LogP contribution in [0.2, 0.25) is 0 Å². The molecule has 2 saturated heterocycles. The number of aromatic amines is 1. The van der Waals surface area contributed by atoms with Crippen LogP contribution < -0.4 is 10.1 Å². The van der Waals surface area contributed by atoms with E-state index in [0.717, 1.165) is 18.4 Å². The zero-order chi connectivity index (χ0) is 19.5. The van der Waals surface area contributed by atoms with E-state index >= 15 is 0 Å². The van der Waals surface area contributed by atoms with E-state index in [1.807, 2.05) is 24.3 Å². The second-order valence-corrected chi connectivity index (χ2v) is 9.96. The van der Waals surface area contributed by atoms with Gasteiger partial charge in [-0.25, -0.2) is 8.42 Å². The lowest BCUT2D eigenvalue weighted by atomic mass is 10.0. The van der Waals surface area contributed by atoms with Gasteiger partial charge in [0.15, 0.2) is 5.58 Å². The summed E-state index contributed by atoms with van der Waals surface area (Å²) in [5.74, 6) is 0. The standard InChI is InChI=1S/C19H22N4O4S/c1-11-17(12(2)23-22-11)28(24,25)19-8-7-13(21-19)9-14(10-19)26-18-20-15-5-3-4-6-16(15)27-18/h3-6,13-14,21H,7-10H2,1-2H3,(H,22,23). The lowest BCUT2D eigenvalue weighted by Crippen LogP contribution is -2.57. The van der Waals surface area contributed by atoms with E-state index in [1.54, 1.807) is 13.8 Å². The molecule has 2 aromatic heterocycles. The van der Waals surface area contributed by atoms with Gasteiger partial charge in [0.05, 0.1) is 11.4 Å². The number of rotatable bonds is 4. The minimum Gasteiger partial charge on any atom is -0.447 e. The number of aryl methyl sites for hydroxylation is 2. The number of benzene rings is 1. The molecule has 3 unspecified atom stereocenters. The summed E-state index contributed by atoms with van der Waals surface area (Å²) in [6, 6.07) is 7.53. The normalized spacial score (nSPS) is 27.4. The first-order chi connectivity index (χ1) is 13.4. The topological polar surface area (TPSA) is 110 Å². The van der Waals surface area contributed by atoms with E-state index < -0.39 is 14.7 Å². The minimum absolute atomic E-state index is 0.0883. The molecule has 2 aliphatic rings. The van der Waals surface area contributed by atoms with Crippen molar-refractivity contribution in [2.24, 2.45) is 0 Å². The second-order valence-electron chi connectivity index (χ2n) is 7.77. The average molecular weight is 402 g/mol. The van der Waals surface area contributed by atoms with Gasteiger partial charge in [-0.2, -0.15) is 10.1 Å². The number of ether oxygens (including phenoxy) is 1. The fraction of sp³-hybridized carbons (Fsp3) is 0.474. The van der Waals surface area contributed by atoms with Crippen molar-refractivity contribution in [1.82, 2.24) is 20.5 Å². The summed E-state index contributed by atoms with van der Waals surface area (Å²) >= 11 is 0. The van der Waals surface area contributed by atoms with Crippen molar-refractivity contribution in [2.45, 2.75) is 61.4 Å². The predicted octanol–water partition coefficient (Wildman–Crippen LogP) is 2.63. The third-order valence-corrected chi connectivity index (χ3v) is 8.51. The molecule has 2 bridgehead atoms. The summed E-state index contributed by atoms with van der Waals surface area (Å²) in [6.45, 7) is 3.46. The van der Waals surface area contributed by atoms with Gasteiger partial charge < -0.3 is 9.15 Å². The summed E-state index contributed by atoms with van der Waals surface area (Å²) in [4.78, 5) is 3.61. The Morgan fingerprint density at radius 3 is 2.86 bits per heavy atom. The molecular formula is C19H22N4O4S. The van der Waals surface area contributed by atoms with Crippen molar-refractivity contribution in [3.63, 3.8) is 0 Å². The van der Waals surface area contributed by atoms with E-state index in [4.69, 9.17) is 9.15 Å². The van der Waals surface area contributed by atoms with Gasteiger partial charge in [-0.05, 0) is 45.2 Å². The Hall–Kier alpha value is -2.39. The Labute approximate surface area is 162 Å². The number of nitrogens with zero attached hydrogens (tertiary/aromatic N) is 2. The van der Waals surface area contributed by atoms with Gasteiger partial charge in [-0.3, -0.25) is 10.4 Å². The molecule has 0 radical (unpaired) electrons. The number of sulfone groups is 1. The third-order valence-electron chi connectivity index (χ3n) is 5.85. The lowest BCUT2D eigenvalue weighted by molar-refractivity contribution is 0.0943. The Bertz CT molecular complexity index is 1100. The first-order valence-electron chi connectivity index (χ1n) is 9.44. The number of hydrogen-bond donors (Lipinski definition) is 2. The first-order valence-corrected chi connectivity index (χ1v) is 10.9. The fourth-order valence-electron chi connectivity index (χ4n) is 4.62. The van der Waals surface area contributed by atoms with Gasteiger partial charge >= 0.3 is 6.08 Å². The highest BCUT2D eigenvalue weighted by molar-refractivity contribution is 7.93. The van der Waals surface area contributed by atoms with E-state index in [2.05, 4.69) is 20.5 Å². The number of nitrogens with one attached hydrogen (secondary N) is 2. The molecule has 4 heterocycles. The van der Waals surface area contributed by atoms with Crippen molar-refractivity contribution in [3.05, 3.63) is 35.7 Å². The maximum Gasteiger partial charge on any atom is 0.394 e. The highest BCUT2D eigenvalue weighted by Crippen LogP contribution is 2.44. The summed E-state index contributed by atoms with van der Waals surface area (Å²) in [5, 5.41) is 10.2. The van der Waals surface area contributed by atoms with Gasteiger partial charge in [0.1, 0.15) is 21.4 Å². The van der Waals surface area contributed by atoms with E-state index in [-0.39, 0.29) is 18.2 Å². The number of fused-ring (bicyclic) bond motifs is 3. The Balaban J connectivity index is 1.46. The quantitative estimate of drug-likeness (QED) is 0.690. The van der Waals surface area contributed by atoms with Crippen molar-refractivity contribution < 1.29 is 17.6 Å². The largest absolute Gasteiger partial charge is 0.447 e. The molecule has 28 heavy (non-hydrogen) atoms. The molecule has 3 aromatic rings. The number of H-pyrrole nitrogens is 1. The number of para-hydroxylation sites is 2. The molecule has 2 N–H and O–H groups in total. The van der Waals surface area contributed by atoms with E-state index in [0.29, 0.717) is 34.7 Å². The Morgan fingerprint density at radius 2 is 2.11 bits per heavy atom. The van der Waals surface area contributed by atoms with Crippen LogP contribution in [0, 0.1) is 13.8 Å². The van der Waals surface area contributed by atoms with Crippen LogP contribution in [0.4, 0.5) is 0 Å². The van der Waals surface area contributed by atoms with Gasteiger partial charge in [-0.1, -0.05) is 12.1 Å². The van der Waals surface area contributed by atoms with E-state index in [9.17, 15) is 8.42 Å². The number of aromatic nitrogens is 3. The minimum atomic E-state index is -3.64. The summed E-state index contributed by atoms with van der Waals surface area (Å²) in [5.41, 5.74) is 2.45. The molecule has 9 heteroatoms. The summed E-state index contributed by atoms with van der Waals surface area (Å²) < 4.78 is 38.9. The number of oxazole rings is 1. The molecule has 0 spiro atoms. The van der Waals surface area contributed by atoms with Crippen LogP contribution in [0.1, 0.15) is 37.1 Å². The highest BCUT2D eigenvalue weighted by Gasteiger charge is 2.56. The molecule has 8 nitrogen and oxygen atoms in total. The van der Waals surface area contributed by atoms with Crippen LogP contribution in [0.25, 0.3) is 11.1 Å². The molecule has 1 aromatic carbocycles. The monoisotopic (exact) mass is 402 g/mol. The van der Waals surface area contributed by atoms with Crippen LogP contribution in [0.15, 0.2) is 33.6 Å². The van der Waals surface area contributed by atoms with Gasteiger partial charge in [0, 0.05) is 12.5 Å². The third kappa shape index (κ3) is 2.56. The SMILES string of the molecule is Cc1n[nH]c(C)c1S(=O)(=O)C12CCC(CC(Oc3nc4ccccc4o3)C1)N2. The number of piperidine rings is 1. The molecule has 0 aliphatic carbocycles. The van der Waals surface area contributed by atoms with Crippen LogP contribution in [-0.2, 0) is 9.84 Å². The van der Waals surface area contributed by atoms with Crippen molar-refractivity contribution in [3.8, 4) is 6.08 Å². The molecule has 0 saturated carbocycles. The Morgan fingerprint density at radius 1 is 1.29 bits per heavy atom. The average Bonchev–Trinajstić information content (AvgIpc) is 3.30. The molecular weight excluding hydrogens is 380 g/mol. The molecule has 2 aliphatic heterocycles. The first kappa shape index (κ1) is 17.7. The maximum absolute atomic E-state index is 13.6. The molecule has 148 valence electrons. The zero-order valence-electron chi connectivity index (χ0n) is 15.7. The lowest BCUT2D eigenvalue weighted by Gasteiger charge is -2.37. The van der Waals surface area contributed by atoms with Crippen molar-refractivity contribution in [1.29, 1.82) is 0 Å². The van der Waals surface area contributed by atoms with Crippen LogP contribution in [0.3, 0.4) is 0 Å². The molecule has 2 fully saturated rings. The fourth-order valence-corrected chi connectivity index (χ4v) is 7.01. The molecule has 3 atom stereocenters. The van der Waals surface area contributed by atoms with Gasteiger partial charge in [-0.15, -0.1) is 0 Å². The van der Waals surface area contributed by atoms with Crippen LogP contribution >= 0.6 is 0 Å². The number of hydrogen-bond acceptors (Lipinski definition) is 7. The van der Waals surface area contributed by atoms with E-state index in [1.165, 1.54) is 0 Å². The highest BCUT2D eigenvalue weighted by atomic mass is 32.2. The smallest absolute Gasteiger partial charge is 0.394 e. The zero-order valence-corrected chi connectivity index (χ0v) is 16.5. The molecule has 0 amide bonds. The van der Waals surface area contributed by atoms with Crippen molar-refractivity contribution in [2.75, 3.05) is 0 Å². The summed E-state index contributed by atoms with van der Waals surface area (Å²) in [6.07, 6.45) is 2.31. The Kier molecular flexibility index (Phi) is 3.82.